The van der Waals surface area contributed by atoms with Crippen LogP contribution >= 0.6 is 34.2 Å². The Morgan fingerprint density at radius 2 is 1.85 bits per heavy atom. The van der Waals surface area contributed by atoms with Crippen LogP contribution in [0.1, 0.15) is 11.4 Å². The Labute approximate surface area is 172 Å². The van der Waals surface area contributed by atoms with E-state index in [0.29, 0.717) is 5.82 Å². The van der Waals surface area contributed by atoms with Gasteiger partial charge in [-0.05, 0) is 78.7 Å². The van der Waals surface area contributed by atoms with E-state index < -0.39 is 0 Å². The van der Waals surface area contributed by atoms with E-state index >= 15 is 0 Å². The normalized spacial score (nSPS) is 11.6. The number of aromatic nitrogens is 2. The van der Waals surface area contributed by atoms with Gasteiger partial charge in [-0.25, -0.2) is 9.97 Å². The van der Waals surface area contributed by atoms with Crippen LogP contribution in [0.2, 0.25) is 5.02 Å². The smallest absolute Gasteiger partial charge is 0.154 e. The third-order valence-electron chi connectivity index (χ3n) is 3.82. The topological polar surface area (TPSA) is 41.0 Å². The van der Waals surface area contributed by atoms with Crippen molar-refractivity contribution in [2.45, 2.75) is 0 Å². The number of likely N-dealkylation sites (N-methyl/N-ethyl adjacent to an activating group) is 1. The first-order chi connectivity index (χ1) is 12.5. The highest BCUT2D eigenvalue weighted by molar-refractivity contribution is 14.1. The molecule has 0 saturated carbocycles. The van der Waals surface area contributed by atoms with Gasteiger partial charge < -0.3 is 10.2 Å². The molecule has 0 bridgehead atoms. The van der Waals surface area contributed by atoms with E-state index in [4.69, 9.17) is 16.6 Å². The zero-order valence-corrected chi connectivity index (χ0v) is 17.6. The number of anilines is 1. The van der Waals surface area contributed by atoms with Gasteiger partial charge in [-0.15, -0.1) is 0 Å². The third kappa shape index (κ3) is 5.16. The molecule has 6 heteroatoms. The van der Waals surface area contributed by atoms with Gasteiger partial charge in [0.2, 0.25) is 0 Å². The standard InChI is InChI=1S/C20H20ClIN4/c1-26(2)12-11-23-20-17-13-16(22)8-9-18(17)24-19(25-20)10-5-14-3-6-15(21)7-4-14/h3-10,13H,11-12H2,1-2H3,(H,23,24,25)/b10-5+. The van der Waals surface area contributed by atoms with Crippen LogP contribution in [0.5, 0.6) is 0 Å². The molecule has 0 spiro atoms. The summed E-state index contributed by atoms with van der Waals surface area (Å²) in [6.07, 6.45) is 3.92. The molecule has 3 rings (SSSR count). The van der Waals surface area contributed by atoms with Crippen molar-refractivity contribution < 1.29 is 0 Å². The highest BCUT2D eigenvalue weighted by Gasteiger charge is 2.07. The maximum atomic E-state index is 5.94. The second-order valence-corrected chi connectivity index (χ2v) is 7.89. The Morgan fingerprint density at radius 1 is 1.08 bits per heavy atom. The third-order valence-corrected chi connectivity index (χ3v) is 4.74. The van der Waals surface area contributed by atoms with Crippen molar-refractivity contribution in [2.75, 3.05) is 32.5 Å². The molecule has 0 saturated heterocycles. The molecule has 1 heterocycles. The Bertz CT molecular complexity index is 923. The summed E-state index contributed by atoms with van der Waals surface area (Å²) in [6.45, 7) is 1.76. The lowest BCUT2D eigenvalue weighted by molar-refractivity contribution is 0.425. The number of hydrogen-bond donors (Lipinski definition) is 1. The molecule has 134 valence electrons. The SMILES string of the molecule is CN(C)CCNc1nc(/C=C/c2ccc(Cl)cc2)nc2ccc(I)cc12. The summed E-state index contributed by atoms with van der Waals surface area (Å²) in [4.78, 5) is 11.5. The Kier molecular flexibility index (Phi) is 6.45. The zero-order valence-electron chi connectivity index (χ0n) is 14.7. The summed E-state index contributed by atoms with van der Waals surface area (Å²) in [5.74, 6) is 1.55. The van der Waals surface area contributed by atoms with Crippen molar-refractivity contribution in [1.82, 2.24) is 14.9 Å². The molecule has 0 amide bonds. The lowest BCUT2D eigenvalue weighted by atomic mass is 10.2. The van der Waals surface area contributed by atoms with Gasteiger partial charge in [0.1, 0.15) is 5.82 Å². The number of hydrogen-bond acceptors (Lipinski definition) is 4. The molecule has 0 fully saturated rings. The van der Waals surface area contributed by atoms with Crippen molar-refractivity contribution in [3.05, 3.63) is 62.4 Å². The number of fused-ring (bicyclic) bond motifs is 1. The number of nitrogens with one attached hydrogen (secondary N) is 1. The predicted octanol–water partition coefficient (Wildman–Crippen LogP) is 5.03. The maximum absolute atomic E-state index is 5.94. The highest BCUT2D eigenvalue weighted by atomic mass is 127. The van der Waals surface area contributed by atoms with Gasteiger partial charge in [0.25, 0.3) is 0 Å². The summed E-state index contributed by atoms with van der Waals surface area (Å²) < 4.78 is 1.17. The molecule has 0 aliphatic rings. The average Bonchev–Trinajstić information content (AvgIpc) is 2.61. The lowest BCUT2D eigenvalue weighted by Gasteiger charge is -2.13. The number of halogens is 2. The van der Waals surface area contributed by atoms with Crippen LogP contribution in [0.3, 0.4) is 0 Å². The largest absolute Gasteiger partial charge is 0.368 e. The van der Waals surface area contributed by atoms with Gasteiger partial charge in [0, 0.05) is 27.1 Å². The molecule has 1 aromatic heterocycles. The monoisotopic (exact) mass is 478 g/mol. The van der Waals surface area contributed by atoms with Crippen LogP contribution in [0.15, 0.2) is 42.5 Å². The van der Waals surface area contributed by atoms with E-state index in [9.17, 15) is 0 Å². The minimum Gasteiger partial charge on any atom is -0.368 e. The number of benzene rings is 2. The molecule has 3 aromatic rings. The van der Waals surface area contributed by atoms with Crippen LogP contribution in [0.25, 0.3) is 23.1 Å². The van der Waals surface area contributed by atoms with E-state index in [1.54, 1.807) is 0 Å². The molecule has 0 aliphatic carbocycles. The van der Waals surface area contributed by atoms with Gasteiger partial charge in [0.15, 0.2) is 5.82 Å². The van der Waals surface area contributed by atoms with Crippen LogP contribution in [0.4, 0.5) is 5.82 Å². The average molecular weight is 479 g/mol. The molecular formula is C20H20ClIN4. The minimum absolute atomic E-state index is 0.681. The van der Waals surface area contributed by atoms with E-state index in [2.05, 4.69) is 64.0 Å². The Morgan fingerprint density at radius 3 is 2.58 bits per heavy atom. The minimum atomic E-state index is 0.681. The van der Waals surface area contributed by atoms with E-state index in [0.717, 1.165) is 40.4 Å². The van der Waals surface area contributed by atoms with Crippen LogP contribution in [-0.4, -0.2) is 42.1 Å². The summed E-state index contributed by atoms with van der Waals surface area (Å²) in [6, 6.07) is 13.9. The fourth-order valence-electron chi connectivity index (χ4n) is 2.47. The van der Waals surface area contributed by atoms with Crippen molar-refractivity contribution in [3.8, 4) is 0 Å². The molecule has 0 atom stereocenters. The van der Waals surface area contributed by atoms with Gasteiger partial charge in [-0.3, -0.25) is 0 Å². The number of rotatable bonds is 6. The Hall–Kier alpha value is -1.70. The van der Waals surface area contributed by atoms with Gasteiger partial charge in [0.05, 0.1) is 5.52 Å². The number of nitrogens with zero attached hydrogens (tertiary/aromatic N) is 3. The zero-order chi connectivity index (χ0) is 18.5. The van der Waals surface area contributed by atoms with Crippen molar-refractivity contribution >= 4 is 63.1 Å². The van der Waals surface area contributed by atoms with Gasteiger partial charge >= 0.3 is 0 Å². The molecule has 0 radical (unpaired) electrons. The van der Waals surface area contributed by atoms with Crippen molar-refractivity contribution in [2.24, 2.45) is 0 Å². The quantitative estimate of drug-likeness (QED) is 0.505. The Balaban J connectivity index is 1.92. The first-order valence-electron chi connectivity index (χ1n) is 8.31. The fourth-order valence-corrected chi connectivity index (χ4v) is 3.09. The van der Waals surface area contributed by atoms with Crippen LogP contribution < -0.4 is 5.32 Å². The van der Waals surface area contributed by atoms with E-state index in [1.807, 2.05) is 42.5 Å². The first-order valence-corrected chi connectivity index (χ1v) is 9.76. The first kappa shape index (κ1) is 19.1. The second-order valence-electron chi connectivity index (χ2n) is 6.21. The summed E-state index contributed by atoms with van der Waals surface area (Å²) >= 11 is 8.25. The van der Waals surface area contributed by atoms with Crippen LogP contribution in [0, 0.1) is 3.57 Å². The molecule has 1 N–H and O–H groups in total. The summed E-state index contributed by atoms with van der Waals surface area (Å²) in [5, 5.41) is 5.21. The van der Waals surface area contributed by atoms with Crippen molar-refractivity contribution in [3.63, 3.8) is 0 Å². The van der Waals surface area contributed by atoms with Gasteiger partial charge in [-0.2, -0.15) is 0 Å². The molecule has 26 heavy (non-hydrogen) atoms. The van der Waals surface area contributed by atoms with E-state index in [1.165, 1.54) is 3.57 Å². The van der Waals surface area contributed by atoms with E-state index in [-0.39, 0.29) is 0 Å². The highest BCUT2D eigenvalue weighted by Crippen LogP contribution is 2.23. The summed E-state index contributed by atoms with van der Waals surface area (Å²) in [5.41, 5.74) is 1.99. The maximum Gasteiger partial charge on any atom is 0.154 e. The molecule has 4 nitrogen and oxygen atoms in total. The fraction of sp³-hybridized carbons (Fsp3) is 0.200. The van der Waals surface area contributed by atoms with Crippen LogP contribution in [-0.2, 0) is 0 Å². The van der Waals surface area contributed by atoms with Gasteiger partial charge in [-0.1, -0.05) is 29.8 Å². The predicted molar refractivity (Wildman–Crippen MR) is 120 cm³/mol. The van der Waals surface area contributed by atoms with Crippen molar-refractivity contribution in [1.29, 1.82) is 0 Å². The molecular weight excluding hydrogens is 459 g/mol. The molecule has 0 unspecified atom stereocenters. The molecule has 2 aromatic carbocycles. The summed E-state index contributed by atoms with van der Waals surface area (Å²) in [7, 11) is 4.12. The second kappa shape index (κ2) is 8.79. The lowest BCUT2D eigenvalue weighted by Crippen LogP contribution is -2.21. The molecule has 0 aliphatic heterocycles.